The van der Waals surface area contributed by atoms with Crippen molar-refractivity contribution >= 4 is 52.4 Å². The van der Waals surface area contributed by atoms with Gasteiger partial charge in [0.1, 0.15) is 45.8 Å². The second-order valence-electron chi connectivity index (χ2n) is 11.9. The molecule has 4 aromatic rings. The van der Waals surface area contributed by atoms with Crippen molar-refractivity contribution in [2.45, 2.75) is 72.1 Å². The fraction of sp³-hybridized carbons (Fsp3) is 0.400. The normalized spacial score (nSPS) is 13.9. The number of rotatable bonds is 10. The monoisotopic (exact) mass is 802 g/mol. The van der Waals surface area contributed by atoms with E-state index in [2.05, 4.69) is 0 Å². The molecule has 0 aliphatic carbocycles. The molecule has 0 radical (unpaired) electrons. The van der Waals surface area contributed by atoms with Crippen LogP contribution in [0.15, 0.2) is 45.7 Å². The van der Waals surface area contributed by atoms with Crippen LogP contribution in [-0.2, 0) is 40.4 Å². The van der Waals surface area contributed by atoms with Crippen LogP contribution in [0.4, 0.5) is 8.78 Å². The molecule has 2 aliphatic heterocycles. The maximum absolute atomic E-state index is 14.8. The molecule has 0 spiro atoms. The zero-order valence-corrected chi connectivity index (χ0v) is 31.3. The molecule has 2 aromatic heterocycles. The van der Waals surface area contributed by atoms with Crippen LogP contribution < -0.4 is 15.9 Å². The number of phenols is 1. The summed E-state index contributed by atoms with van der Waals surface area (Å²) in [5, 5.41) is 9.88. The van der Waals surface area contributed by atoms with E-state index >= 15 is 0 Å². The van der Waals surface area contributed by atoms with Crippen LogP contribution in [-0.4, -0.2) is 49.6 Å². The van der Waals surface area contributed by atoms with Gasteiger partial charge in [-0.2, -0.15) is 0 Å². The van der Waals surface area contributed by atoms with Gasteiger partial charge in [0.15, 0.2) is 0 Å². The highest BCUT2D eigenvalue weighted by Crippen LogP contribution is 2.37. The van der Waals surface area contributed by atoms with E-state index in [-0.39, 0.29) is 77.6 Å². The Labute approximate surface area is 317 Å². The summed E-state index contributed by atoms with van der Waals surface area (Å²) in [5.41, 5.74) is -0.616. The molecule has 0 saturated carbocycles. The minimum atomic E-state index is -0.686. The number of phenolic OH excluding ortho intramolecular Hbond substituents is 1. The number of carbonyl (C=O) groups excluding carboxylic acids is 1. The molecule has 1 N–H and O–H groups in total. The molecule has 52 heavy (non-hydrogen) atoms. The smallest absolute Gasteiger partial charge is 0.334 e. The predicted octanol–water partition coefficient (Wildman–Crippen LogP) is 8.07. The molecular formula is C35H36Cl4F2N4O7. The standard InChI is InChI=1S/C22H25Cl2FN2O5.C13H11Cl2FN2O2/c1-3-9-31-19(28)10-14(30-4-2)13-32-18-11-15(17(25)12-16(18)23)20-21(24)26-7-5-6-8-27(26)22(20)29;14-8-6-9(16)7(5-10(8)19)11-12(15)17-3-1-2-4-18(17)13(11)20/h10-12H,3-9,13H2,1-2H3;5-6,19H,1-4H2/b14-10+;. The Kier molecular flexibility index (Phi) is 13.1. The fourth-order valence-electron chi connectivity index (χ4n) is 5.90. The first-order valence-electron chi connectivity index (χ1n) is 16.7. The van der Waals surface area contributed by atoms with Crippen LogP contribution >= 0.6 is 46.4 Å². The number of hydrogen-bond donors (Lipinski definition) is 1. The van der Waals surface area contributed by atoms with Gasteiger partial charge in [-0.3, -0.25) is 19.0 Å². The number of nitrogens with zero attached hydrogens (tertiary/aromatic N) is 4. The minimum absolute atomic E-state index is 0.00176. The number of hydrogen-bond acceptors (Lipinski definition) is 7. The van der Waals surface area contributed by atoms with Gasteiger partial charge in [-0.05, 0) is 63.3 Å². The number of benzene rings is 2. The zero-order chi connectivity index (χ0) is 37.7. The van der Waals surface area contributed by atoms with Gasteiger partial charge in [0.05, 0.1) is 40.5 Å². The Bertz CT molecular complexity index is 2120. The summed E-state index contributed by atoms with van der Waals surface area (Å²) < 4.78 is 51.3. The Morgan fingerprint density at radius 3 is 1.77 bits per heavy atom. The SMILES string of the molecule is CCCOC(=O)/C=C(\COc1cc(-c2c(Cl)n3n(c2=O)CCCC3)c(F)cc1Cl)OCC.O=c1c(-c2cc(O)c(Cl)cc2F)c(Cl)n2n1CCCC2. The van der Waals surface area contributed by atoms with Crippen molar-refractivity contribution in [1.29, 1.82) is 0 Å². The summed E-state index contributed by atoms with van der Waals surface area (Å²) >= 11 is 24.5. The van der Waals surface area contributed by atoms with Crippen LogP contribution in [0.5, 0.6) is 11.5 Å². The lowest BCUT2D eigenvalue weighted by Crippen LogP contribution is -2.27. The topological polar surface area (TPSA) is 119 Å². The lowest BCUT2D eigenvalue weighted by Gasteiger charge is -2.17. The molecule has 11 nitrogen and oxygen atoms in total. The number of esters is 1. The lowest BCUT2D eigenvalue weighted by atomic mass is 10.1. The third-order valence-electron chi connectivity index (χ3n) is 8.35. The summed E-state index contributed by atoms with van der Waals surface area (Å²) in [5.74, 6) is -1.85. The van der Waals surface area contributed by atoms with Crippen molar-refractivity contribution in [3.63, 3.8) is 0 Å². The number of carbonyl (C=O) groups is 1. The molecular weight excluding hydrogens is 768 g/mol. The van der Waals surface area contributed by atoms with E-state index in [0.29, 0.717) is 45.8 Å². The minimum Gasteiger partial charge on any atom is -0.506 e. The molecule has 0 atom stereocenters. The molecule has 17 heteroatoms. The number of aromatic nitrogens is 4. The molecule has 0 unspecified atom stereocenters. The first-order valence-corrected chi connectivity index (χ1v) is 18.2. The Hall–Kier alpha value is -3.91. The van der Waals surface area contributed by atoms with Gasteiger partial charge >= 0.3 is 5.97 Å². The number of aromatic hydroxyl groups is 1. The third kappa shape index (κ3) is 8.33. The van der Waals surface area contributed by atoms with Crippen molar-refractivity contribution in [3.05, 3.63) is 88.8 Å². The fourth-order valence-corrected chi connectivity index (χ4v) is 6.97. The largest absolute Gasteiger partial charge is 0.506 e. The molecule has 0 fully saturated rings. The third-order valence-corrected chi connectivity index (χ3v) is 9.71. The average Bonchev–Trinajstić information content (AvgIpc) is 3.53. The van der Waals surface area contributed by atoms with Gasteiger partial charge in [0.2, 0.25) is 0 Å². The molecule has 280 valence electrons. The van der Waals surface area contributed by atoms with Crippen molar-refractivity contribution in [2.75, 3.05) is 19.8 Å². The van der Waals surface area contributed by atoms with E-state index in [4.69, 9.17) is 60.6 Å². The zero-order valence-electron chi connectivity index (χ0n) is 28.3. The highest BCUT2D eigenvalue weighted by atomic mass is 35.5. The maximum atomic E-state index is 14.8. The summed E-state index contributed by atoms with van der Waals surface area (Å²) in [4.78, 5) is 37.1. The molecule has 0 bridgehead atoms. The van der Waals surface area contributed by atoms with E-state index in [1.54, 1.807) is 16.3 Å². The molecule has 0 amide bonds. The van der Waals surface area contributed by atoms with Crippen molar-refractivity contribution in [1.82, 2.24) is 18.7 Å². The van der Waals surface area contributed by atoms with E-state index in [1.165, 1.54) is 21.5 Å². The van der Waals surface area contributed by atoms with Gasteiger partial charge in [-0.15, -0.1) is 0 Å². The summed E-state index contributed by atoms with van der Waals surface area (Å²) in [6, 6.07) is 4.52. The van der Waals surface area contributed by atoms with Gasteiger partial charge in [-0.25, -0.2) is 22.9 Å². The van der Waals surface area contributed by atoms with E-state index in [0.717, 1.165) is 43.9 Å². The van der Waals surface area contributed by atoms with E-state index in [1.807, 2.05) is 6.92 Å². The first kappa shape index (κ1) is 39.3. The highest BCUT2D eigenvalue weighted by molar-refractivity contribution is 6.34. The summed E-state index contributed by atoms with van der Waals surface area (Å²) in [6.45, 7) is 6.39. The van der Waals surface area contributed by atoms with Gasteiger partial charge in [0.25, 0.3) is 11.1 Å². The van der Waals surface area contributed by atoms with Crippen molar-refractivity contribution in [3.8, 4) is 33.8 Å². The molecule has 2 aromatic carbocycles. The van der Waals surface area contributed by atoms with Gasteiger partial charge < -0.3 is 19.3 Å². The Balaban J connectivity index is 0.000000223. The summed E-state index contributed by atoms with van der Waals surface area (Å²) in [7, 11) is 0. The second kappa shape index (κ2) is 17.3. The van der Waals surface area contributed by atoms with E-state index in [9.17, 15) is 28.3 Å². The maximum Gasteiger partial charge on any atom is 0.334 e. The predicted molar refractivity (Wildman–Crippen MR) is 195 cm³/mol. The van der Waals surface area contributed by atoms with Crippen LogP contribution in [0.2, 0.25) is 20.4 Å². The highest BCUT2D eigenvalue weighted by Gasteiger charge is 2.26. The first-order chi connectivity index (χ1) is 24.9. The molecule has 0 saturated heterocycles. The molecule has 4 heterocycles. The van der Waals surface area contributed by atoms with Crippen molar-refractivity contribution in [2.24, 2.45) is 0 Å². The van der Waals surface area contributed by atoms with Gasteiger partial charge in [-0.1, -0.05) is 53.3 Å². The molecule has 6 rings (SSSR count). The quantitative estimate of drug-likeness (QED) is 0.0979. The van der Waals surface area contributed by atoms with Gasteiger partial charge in [0, 0.05) is 37.3 Å². The Morgan fingerprint density at radius 2 is 1.27 bits per heavy atom. The van der Waals surface area contributed by atoms with Crippen LogP contribution in [0.25, 0.3) is 22.3 Å². The van der Waals surface area contributed by atoms with E-state index < -0.39 is 17.6 Å². The Morgan fingerprint density at radius 1 is 0.769 bits per heavy atom. The van der Waals surface area contributed by atoms with Crippen LogP contribution in [0.1, 0.15) is 46.0 Å². The molecule has 2 aliphatic rings. The number of halogens is 6. The second-order valence-corrected chi connectivity index (χ2v) is 13.4. The number of ether oxygens (including phenoxy) is 3. The summed E-state index contributed by atoms with van der Waals surface area (Å²) in [6.07, 6.45) is 5.43. The van der Waals surface area contributed by atoms with Crippen LogP contribution in [0.3, 0.4) is 0 Å². The lowest BCUT2D eigenvalue weighted by molar-refractivity contribution is -0.138. The van der Waals surface area contributed by atoms with Crippen molar-refractivity contribution < 1.29 is 32.9 Å². The average molecular weight is 805 g/mol. The van der Waals surface area contributed by atoms with Crippen LogP contribution in [0, 0.1) is 11.6 Å². The number of fused-ring (bicyclic) bond motifs is 2.